The van der Waals surface area contributed by atoms with Crippen molar-refractivity contribution in [1.29, 1.82) is 0 Å². The van der Waals surface area contributed by atoms with E-state index in [-0.39, 0.29) is 5.78 Å². The number of Topliss-reactive ketones (excluding diaryl/α,β-unsaturated/α-hetero) is 1. The number of carbonyl (C=O) groups is 2. The van der Waals surface area contributed by atoms with Crippen molar-refractivity contribution in [3.63, 3.8) is 0 Å². The second-order valence-corrected chi connectivity index (χ2v) is 3.91. The monoisotopic (exact) mass is 243 g/mol. The van der Waals surface area contributed by atoms with Crippen LogP contribution in [0.25, 0.3) is 0 Å². The zero-order valence-electron chi connectivity index (χ0n) is 9.53. The lowest BCUT2D eigenvalue weighted by Crippen LogP contribution is -2.30. The quantitative estimate of drug-likeness (QED) is 0.647. The first-order chi connectivity index (χ1) is 7.47. The lowest BCUT2D eigenvalue weighted by molar-refractivity contribution is -0.0597. The van der Waals surface area contributed by atoms with Crippen LogP contribution in [0, 0.1) is 6.92 Å². The molecule has 0 aromatic carbocycles. The maximum atomic E-state index is 11.5. The van der Waals surface area contributed by atoms with E-state index in [1.54, 1.807) is 6.92 Å². The molecule has 2 amide bonds. The van der Waals surface area contributed by atoms with Crippen LogP contribution in [0.1, 0.15) is 23.0 Å². The molecule has 1 N–H and O–H groups in total. The molecule has 0 aliphatic rings. The van der Waals surface area contributed by atoms with E-state index in [2.05, 4.69) is 9.69 Å². The molecule has 0 atom stereocenters. The van der Waals surface area contributed by atoms with Gasteiger partial charge in [0.25, 0.3) is 0 Å². The van der Waals surface area contributed by atoms with Crippen LogP contribution >= 0.6 is 11.5 Å². The summed E-state index contributed by atoms with van der Waals surface area (Å²) in [5.41, 5.74) is 1.07. The van der Waals surface area contributed by atoms with Gasteiger partial charge in [0.1, 0.15) is 5.00 Å². The van der Waals surface area contributed by atoms with Crippen LogP contribution in [0.15, 0.2) is 0 Å². The number of amides is 2. The van der Waals surface area contributed by atoms with E-state index in [9.17, 15) is 9.59 Å². The molecule has 1 heterocycles. The third-order valence-electron chi connectivity index (χ3n) is 2.00. The van der Waals surface area contributed by atoms with Gasteiger partial charge in [-0.05, 0) is 25.4 Å². The molecule has 1 aromatic heterocycles. The van der Waals surface area contributed by atoms with E-state index < -0.39 is 6.03 Å². The minimum atomic E-state index is -0.450. The summed E-state index contributed by atoms with van der Waals surface area (Å²) in [6.45, 7) is 3.16. The van der Waals surface area contributed by atoms with Crippen LogP contribution in [-0.2, 0) is 4.84 Å². The number of rotatable bonds is 3. The van der Waals surface area contributed by atoms with Crippen LogP contribution in [0.2, 0.25) is 0 Å². The first-order valence-corrected chi connectivity index (χ1v) is 5.30. The molecule has 6 nitrogen and oxygen atoms in total. The van der Waals surface area contributed by atoms with Gasteiger partial charge in [0.15, 0.2) is 5.78 Å². The fourth-order valence-electron chi connectivity index (χ4n) is 1.13. The molecule has 0 saturated carbocycles. The van der Waals surface area contributed by atoms with E-state index in [4.69, 9.17) is 4.84 Å². The van der Waals surface area contributed by atoms with Crippen molar-refractivity contribution in [3.8, 4) is 0 Å². The third kappa shape index (κ3) is 2.56. The third-order valence-corrected chi connectivity index (χ3v) is 2.85. The van der Waals surface area contributed by atoms with Crippen LogP contribution in [0.3, 0.4) is 0 Å². The summed E-state index contributed by atoms with van der Waals surface area (Å²) >= 11 is 1.08. The summed E-state index contributed by atoms with van der Waals surface area (Å²) in [5, 5.41) is 4.03. The van der Waals surface area contributed by atoms with E-state index in [0.29, 0.717) is 16.3 Å². The highest BCUT2D eigenvalue weighted by Crippen LogP contribution is 2.24. The lowest BCUT2D eigenvalue weighted by Gasteiger charge is -2.13. The number of carbonyl (C=O) groups excluding carboxylic acids is 2. The standard InChI is InChI=1S/C9H13N3O3S/c1-5-7(6(2)13)8(16-11-5)10-9(14)12(3)15-4/h1-4H3,(H,10,14). The Hall–Kier alpha value is -1.47. The molecule has 0 saturated heterocycles. The molecule has 0 aliphatic carbocycles. The Balaban J connectivity index is 2.90. The van der Waals surface area contributed by atoms with Gasteiger partial charge in [0.2, 0.25) is 0 Å². The largest absolute Gasteiger partial charge is 0.346 e. The number of anilines is 1. The van der Waals surface area contributed by atoms with Crippen molar-refractivity contribution in [3.05, 3.63) is 11.3 Å². The summed E-state index contributed by atoms with van der Waals surface area (Å²) in [6, 6.07) is -0.450. The van der Waals surface area contributed by atoms with Crippen LogP contribution < -0.4 is 5.32 Å². The molecule has 0 unspecified atom stereocenters. The highest BCUT2D eigenvalue weighted by Gasteiger charge is 2.18. The van der Waals surface area contributed by atoms with Crippen LogP contribution in [-0.4, -0.2) is 35.4 Å². The number of aryl methyl sites for hydroxylation is 1. The molecule has 88 valence electrons. The number of hydrogen-bond donors (Lipinski definition) is 1. The van der Waals surface area contributed by atoms with Gasteiger partial charge in [-0.15, -0.1) is 0 Å². The fraction of sp³-hybridized carbons (Fsp3) is 0.444. The molecule has 16 heavy (non-hydrogen) atoms. The van der Waals surface area contributed by atoms with E-state index in [1.807, 2.05) is 0 Å². The van der Waals surface area contributed by atoms with Crippen molar-refractivity contribution >= 4 is 28.3 Å². The van der Waals surface area contributed by atoms with Crippen molar-refractivity contribution in [2.75, 3.05) is 19.5 Å². The number of ketones is 1. The molecule has 1 aromatic rings. The van der Waals surface area contributed by atoms with Crippen LogP contribution in [0.4, 0.5) is 9.80 Å². The predicted molar refractivity (Wildman–Crippen MR) is 60.6 cm³/mol. The second kappa shape index (κ2) is 5.04. The minimum absolute atomic E-state index is 0.124. The van der Waals surface area contributed by atoms with Crippen molar-refractivity contribution in [2.24, 2.45) is 0 Å². The summed E-state index contributed by atoms with van der Waals surface area (Å²) in [4.78, 5) is 27.5. The van der Waals surface area contributed by atoms with Gasteiger partial charge in [-0.25, -0.2) is 9.86 Å². The maximum absolute atomic E-state index is 11.5. The van der Waals surface area contributed by atoms with Crippen LogP contribution in [0.5, 0.6) is 0 Å². The zero-order valence-corrected chi connectivity index (χ0v) is 10.3. The average Bonchev–Trinajstić information content (AvgIpc) is 2.58. The first kappa shape index (κ1) is 12.6. The molecule has 0 radical (unpaired) electrons. The minimum Gasteiger partial charge on any atom is -0.296 e. The molecular formula is C9H13N3O3S. The fourth-order valence-corrected chi connectivity index (χ4v) is 1.96. The molecule has 0 fully saturated rings. The number of nitrogens with zero attached hydrogens (tertiary/aromatic N) is 2. The Morgan fingerprint density at radius 2 is 2.12 bits per heavy atom. The summed E-state index contributed by atoms with van der Waals surface area (Å²) in [6.07, 6.45) is 0. The van der Waals surface area contributed by atoms with Gasteiger partial charge in [-0.3, -0.25) is 14.9 Å². The molecule has 7 heteroatoms. The van der Waals surface area contributed by atoms with Gasteiger partial charge in [0.05, 0.1) is 18.4 Å². The Morgan fingerprint density at radius 1 is 1.50 bits per heavy atom. The normalized spacial score (nSPS) is 10.0. The summed E-state index contributed by atoms with van der Waals surface area (Å²) < 4.78 is 4.02. The summed E-state index contributed by atoms with van der Waals surface area (Å²) in [7, 11) is 2.85. The van der Waals surface area contributed by atoms with E-state index in [1.165, 1.54) is 21.1 Å². The Bertz CT molecular complexity index is 416. The van der Waals surface area contributed by atoms with E-state index in [0.717, 1.165) is 16.6 Å². The van der Waals surface area contributed by atoms with Gasteiger partial charge < -0.3 is 0 Å². The second-order valence-electron chi connectivity index (χ2n) is 3.14. The van der Waals surface area contributed by atoms with Gasteiger partial charge >= 0.3 is 6.03 Å². The van der Waals surface area contributed by atoms with Crippen molar-refractivity contribution in [1.82, 2.24) is 9.44 Å². The zero-order chi connectivity index (χ0) is 12.3. The topological polar surface area (TPSA) is 71.5 Å². The average molecular weight is 243 g/mol. The lowest BCUT2D eigenvalue weighted by atomic mass is 10.2. The van der Waals surface area contributed by atoms with Crippen molar-refractivity contribution in [2.45, 2.75) is 13.8 Å². The molecule has 0 bridgehead atoms. The Kier molecular flexibility index (Phi) is 3.97. The predicted octanol–water partition coefficient (Wildman–Crippen LogP) is 1.68. The number of aromatic nitrogens is 1. The number of nitrogens with one attached hydrogen (secondary N) is 1. The van der Waals surface area contributed by atoms with E-state index >= 15 is 0 Å². The number of hydroxylamine groups is 2. The molecule has 0 aliphatic heterocycles. The maximum Gasteiger partial charge on any atom is 0.346 e. The van der Waals surface area contributed by atoms with Gasteiger partial charge in [-0.1, -0.05) is 0 Å². The van der Waals surface area contributed by atoms with Gasteiger partial charge in [0, 0.05) is 7.05 Å². The highest BCUT2D eigenvalue weighted by atomic mass is 32.1. The SMILES string of the molecule is CON(C)C(=O)Nc1snc(C)c1C(C)=O. The highest BCUT2D eigenvalue weighted by molar-refractivity contribution is 7.11. The molecule has 1 rings (SSSR count). The van der Waals surface area contributed by atoms with Crippen molar-refractivity contribution < 1.29 is 14.4 Å². The Morgan fingerprint density at radius 3 is 2.62 bits per heavy atom. The number of hydrogen-bond acceptors (Lipinski definition) is 5. The number of urea groups is 1. The smallest absolute Gasteiger partial charge is 0.296 e. The molecular weight excluding hydrogens is 230 g/mol. The Labute approximate surface area is 97.3 Å². The van der Waals surface area contributed by atoms with Gasteiger partial charge in [-0.2, -0.15) is 4.37 Å². The molecule has 0 spiro atoms. The first-order valence-electron chi connectivity index (χ1n) is 4.53. The summed E-state index contributed by atoms with van der Waals surface area (Å²) in [5.74, 6) is -0.124.